The van der Waals surface area contributed by atoms with Gasteiger partial charge in [-0.3, -0.25) is 0 Å². The lowest BCUT2D eigenvalue weighted by atomic mass is 10.1. The van der Waals surface area contributed by atoms with Crippen LogP contribution in [0.25, 0.3) is 17.0 Å². The van der Waals surface area contributed by atoms with Gasteiger partial charge in [0, 0.05) is 24.1 Å². The highest BCUT2D eigenvalue weighted by Gasteiger charge is 2.15. The first-order valence-electron chi connectivity index (χ1n) is 11.7. The van der Waals surface area contributed by atoms with Gasteiger partial charge in [-0.05, 0) is 49.3 Å². The Morgan fingerprint density at radius 2 is 1.81 bits per heavy atom. The molecule has 10 nitrogen and oxygen atoms in total. The van der Waals surface area contributed by atoms with Crippen LogP contribution in [0.2, 0.25) is 0 Å². The fraction of sp³-hybridized carbons (Fsp3) is 0.346. The molecule has 0 amide bonds. The predicted molar refractivity (Wildman–Crippen MR) is 139 cm³/mol. The summed E-state index contributed by atoms with van der Waals surface area (Å²) in [5, 5.41) is 23.4. The number of anilines is 2. The summed E-state index contributed by atoms with van der Waals surface area (Å²) < 4.78 is 16.8. The van der Waals surface area contributed by atoms with E-state index in [1.165, 1.54) is 25.6 Å². The number of benzene rings is 2. The number of aromatic hydroxyl groups is 1. The maximum Gasteiger partial charge on any atom is 0.328 e. The van der Waals surface area contributed by atoms with Crippen LogP contribution in [-0.4, -0.2) is 71.5 Å². The summed E-state index contributed by atoms with van der Waals surface area (Å²) in [5.74, 6) is 0.493. The standard InChI is InChI=1S/C26H32N4O6/c1-5-30(6-2)10-7-11-36-22-14-18-19(15-21(22)34-3)27-16-28-26(18)29-20-12-17(8-9-24(31)32)13-23(35-4)25(20)33/h8-9,12-16,33H,5-7,10-11H2,1-4H3,(H,31,32)(H,27,28,29)/b9-8+. The van der Waals surface area contributed by atoms with Gasteiger partial charge in [-0.1, -0.05) is 13.8 Å². The monoisotopic (exact) mass is 496 g/mol. The summed E-state index contributed by atoms with van der Waals surface area (Å²) in [5.41, 5.74) is 1.43. The highest BCUT2D eigenvalue weighted by Crippen LogP contribution is 2.39. The van der Waals surface area contributed by atoms with Crippen LogP contribution in [0.5, 0.6) is 23.0 Å². The Balaban J connectivity index is 1.93. The molecule has 0 atom stereocenters. The number of rotatable bonds is 13. The Morgan fingerprint density at radius 3 is 2.47 bits per heavy atom. The molecule has 0 saturated heterocycles. The number of fused-ring (bicyclic) bond motifs is 1. The van der Waals surface area contributed by atoms with Crippen LogP contribution in [0.3, 0.4) is 0 Å². The van der Waals surface area contributed by atoms with E-state index in [4.69, 9.17) is 19.3 Å². The molecular formula is C26H32N4O6. The minimum atomic E-state index is -1.09. The third-order valence-corrected chi connectivity index (χ3v) is 5.68. The van der Waals surface area contributed by atoms with Crippen LogP contribution >= 0.6 is 0 Å². The minimum Gasteiger partial charge on any atom is -0.503 e. The van der Waals surface area contributed by atoms with Crippen LogP contribution in [0.15, 0.2) is 36.7 Å². The van der Waals surface area contributed by atoms with Crippen molar-refractivity contribution in [2.24, 2.45) is 0 Å². The van der Waals surface area contributed by atoms with Crippen LogP contribution in [0.1, 0.15) is 25.8 Å². The highest BCUT2D eigenvalue weighted by molar-refractivity contribution is 5.94. The molecule has 2 aromatic carbocycles. The third kappa shape index (κ3) is 6.54. The van der Waals surface area contributed by atoms with E-state index in [0.29, 0.717) is 40.4 Å². The van der Waals surface area contributed by atoms with E-state index in [1.807, 2.05) is 0 Å². The minimum absolute atomic E-state index is 0.141. The van der Waals surface area contributed by atoms with Crippen LogP contribution in [0, 0.1) is 0 Å². The maximum atomic E-state index is 10.9. The molecule has 1 heterocycles. The predicted octanol–water partition coefficient (Wildman–Crippen LogP) is 4.30. The summed E-state index contributed by atoms with van der Waals surface area (Å²) in [7, 11) is 2.99. The number of carboxylic acids is 1. The quantitative estimate of drug-likeness (QED) is 0.179. The lowest BCUT2D eigenvalue weighted by molar-refractivity contribution is -0.131. The number of methoxy groups -OCH3 is 2. The second-order valence-electron chi connectivity index (χ2n) is 7.89. The number of nitrogens with one attached hydrogen (secondary N) is 1. The van der Waals surface area contributed by atoms with Gasteiger partial charge in [-0.2, -0.15) is 0 Å². The van der Waals surface area contributed by atoms with Crippen molar-refractivity contribution in [1.29, 1.82) is 0 Å². The lowest BCUT2D eigenvalue weighted by Crippen LogP contribution is -2.25. The molecule has 1 aromatic heterocycles. The van der Waals surface area contributed by atoms with E-state index >= 15 is 0 Å². The zero-order chi connectivity index (χ0) is 26.1. The number of aromatic nitrogens is 2. The van der Waals surface area contributed by atoms with Gasteiger partial charge in [0.2, 0.25) is 0 Å². The molecule has 3 rings (SSSR count). The summed E-state index contributed by atoms with van der Waals surface area (Å²) >= 11 is 0. The molecule has 0 unspecified atom stereocenters. The zero-order valence-electron chi connectivity index (χ0n) is 20.9. The summed E-state index contributed by atoms with van der Waals surface area (Å²) in [6.45, 7) is 7.71. The van der Waals surface area contributed by atoms with Crippen molar-refractivity contribution < 1.29 is 29.2 Å². The van der Waals surface area contributed by atoms with Crippen molar-refractivity contribution >= 4 is 34.5 Å². The molecule has 10 heteroatoms. The fourth-order valence-corrected chi connectivity index (χ4v) is 3.72. The van der Waals surface area contributed by atoms with E-state index < -0.39 is 5.97 Å². The Kier molecular flexibility index (Phi) is 9.29. The molecule has 0 aliphatic heterocycles. The van der Waals surface area contributed by atoms with Crippen molar-refractivity contribution in [2.75, 3.05) is 45.8 Å². The highest BCUT2D eigenvalue weighted by atomic mass is 16.5. The topological polar surface area (TPSA) is 126 Å². The van der Waals surface area contributed by atoms with Gasteiger partial charge in [0.15, 0.2) is 23.0 Å². The van der Waals surface area contributed by atoms with Crippen molar-refractivity contribution in [3.63, 3.8) is 0 Å². The Labute approximate surface area is 210 Å². The molecule has 192 valence electrons. The number of carboxylic acid groups (broad SMARTS) is 1. The molecule has 0 spiro atoms. The molecule has 0 bridgehead atoms. The largest absolute Gasteiger partial charge is 0.503 e. The van der Waals surface area contributed by atoms with Gasteiger partial charge in [0.05, 0.1) is 32.0 Å². The molecule has 3 N–H and O–H groups in total. The van der Waals surface area contributed by atoms with Crippen LogP contribution in [0.4, 0.5) is 11.5 Å². The van der Waals surface area contributed by atoms with Gasteiger partial charge < -0.3 is 34.6 Å². The zero-order valence-corrected chi connectivity index (χ0v) is 20.9. The van der Waals surface area contributed by atoms with Gasteiger partial charge in [-0.25, -0.2) is 14.8 Å². The Morgan fingerprint density at radius 1 is 1.06 bits per heavy atom. The normalized spacial score (nSPS) is 11.2. The molecule has 0 aliphatic rings. The molecular weight excluding hydrogens is 464 g/mol. The first kappa shape index (κ1) is 26.6. The average Bonchev–Trinajstić information content (AvgIpc) is 2.88. The van der Waals surface area contributed by atoms with Crippen LogP contribution < -0.4 is 19.5 Å². The molecule has 0 saturated carbocycles. The summed E-state index contributed by atoms with van der Waals surface area (Å²) in [6.07, 6.45) is 4.68. The van der Waals surface area contributed by atoms with Gasteiger partial charge in [-0.15, -0.1) is 0 Å². The third-order valence-electron chi connectivity index (χ3n) is 5.68. The summed E-state index contributed by atoms with van der Waals surface area (Å²) in [4.78, 5) is 22.0. The van der Waals surface area contributed by atoms with E-state index in [-0.39, 0.29) is 17.2 Å². The summed E-state index contributed by atoms with van der Waals surface area (Å²) in [6, 6.07) is 6.71. The maximum absolute atomic E-state index is 10.9. The number of hydrogen-bond donors (Lipinski definition) is 3. The molecule has 0 aliphatic carbocycles. The number of phenolic OH excluding ortho intramolecular Hbond substituents is 1. The van der Waals surface area contributed by atoms with Crippen molar-refractivity contribution in [3.8, 4) is 23.0 Å². The second-order valence-corrected chi connectivity index (χ2v) is 7.89. The first-order valence-corrected chi connectivity index (χ1v) is 11.7. The fourth-order valence-electron chi connectivity index (χ4n) is 3.72. The van der Waals surface area contributed by atoms with E-state index in [9.17, 15) is 9.90 Å². The molecule has 0 radical (unpaired) electrons. The number of ether oxygens (including phenoxy) is 3. The van der Waals surface area contributed by atoms with Crippen molar-refractivity contribution in [2.45, 2.75) is 20.3 Å². The number of carbonyl (C=O) groups is 1. The SMILES string of the molecule is CCN(CC)CCCOc1cc2c(Nc3cc(/C=C/C(=O)O)cc(OC)c3O)ncnc2cc1OC. The second kappa shape index (κ2) is 12.6. The van der Waals surface area contributed by atoms with E-state index in [2.05, 4.69) is 34.0 Å². The molecule has 0 fully saturated rings. The number of aliphatic carboxylic acids is 1. The lowest BCUT2D eigenvalue weighted by Gasteiger charge is -2.18. The van der Waals surface area contributed by atoms with Gasteiger partial charge >= 0.3 is 5.97 Å². The Hall–Kier alpha value is -4.05. The first-order chi connectivity index (χ1) is 17.4. The van der Waals surface area contributed by atoms with Gasteiger partial charge in [0.25, 0.3) is 0 Å². The van der Waals surface area contributed by atoms with Crippen molar-refractivity contribution in [3.05, 3.63) is 42.2 Å². The molecule has 3 aromatic rings. The molecule has 36 heavy (non-hydrogen) atoms. The number of nitrogens with zero attached hydrogens (tertiary/aromatic N) is 3. The smallest absolute Gasteiger partial charge is 0.328 e. The van der Waals surface area contributed by atoms with Crippen molar-refractivity contribution in [1.82, 2.24) is 14.9 Å². The Bertz CT molecular complexity index is 1230. The number of hydrogen-bond acceptors (Lipinski definition) is 9. The van der Waals surface area contributed by atoms with Crippen LogP contribution in [-0.2, 0) is 4.79 Å². The van der Waals surface area contributed by atoms with Gasteiger partial charge in [0.1, 0.15) is 12.1 Å². The number of phenols is 1. The average molecular weight is 497 g/mol. The van der Waals surface area contributed by atoms with E-state index in [1.54, 1.807) is 25.3 Å². The van der Waals surface area contributed by atoms with E-state index in [0.717, 1.165) is 32.1 Å².